The maximum atomic E-state index is 13.1. The van der Waals surface area contributed by atoms with Crippen LogP contribution in [0, 0.1) is 0 Å². The highest BCUT2D eigenvalue weighted by Gasteiger charge is 2.19. The maximum absolute atomic E-state index is 13.1. The fraction of sp³-hybridized carbons (Fsp3) is 0.174. The van der Waals surface area contributed by atoms with Crippen molar-refractivity contribution in [1.82, 2.24) is 9.47 Å². The van der Waals surface area contributed by atoms with E-state index in [1.54, 1.807) is 4.57 Å². The molecule has 2 aromatic carbocycles. The number of fused-ring (bicyclic) bond motifs is 1. The standard InChI is InChI=1S/C23H22N2O/c1-3-17-9-10-22-20(15-17)21(18-11-13-24(2)14-12-18)16-25(22)23(26)19-7-5-4-6-8-19/h3-11,15-16H,1,12-14H2,2H3. The fourth-order valence-electron chi connectivity index (χ4n) is 3.53. The molecule has 0 saturated carbocycles. The molecule has 0 N–H and O–H groups in total. The average Bonchev–Trinajstić information content (AvgIpc) is 3.07. The summed E-state index contributed by atoms with van der Waals surface area (Å²) in [6, 6.07) is 15.6. The number of carbonyl (C=O) groups excluding carboxylic acids is 1. The van der Waals surface area contributed by atoms with Crippen molar-refractivity contribution in [3.8, 4) is 0 Å². The van der Waals surface area contributed by atoms with E-state index in [9.17, 15) is 4.79 Å². The van der Waals surface area contributed by atoms with Gasteiger partial charge in [-0.15, -0.1) is 0 Å². The molecule has 1 aliphatic heterocycles. The molecular formula is C23H22N2O. The topological polar surface area (TPSA) is 25.2 Å². The third-order valence-corrected chi connectivity index (χ3v) is 5.06. The van der Waals surface area contributed by atoms with Gasteiger partial charge in [0.1, 0.15) is 0 Å². The lowest BCUT2D eigenvalue weighted by Gasteiger charge is -2.21. The lowest BCUT2D eigenvalue weighted by molar-refractivity contribution is 0.0965. The van der Waals surface area contributed by atoms with Crippen LogP contribution in [0.5, 0.6) is 0 Å². The van der Waals surface area contributed by atoms with Crippen LogP contribution in [0.1, 0.15) is 27.9 Å². The Balaban J connectivity index is 1.89. The first-order valence-electron chi connectivity index (χ1n) is 8.92. The molecule has 3 aromatic rings. The molecule has 26 heavy (non-hydrogen) atoms. The Morgan fingerprint density at radius 3 is 2.65 bits per heavy atom. The van der Waals surface area contributed by atoms with Gasteiger partial charge in [-0.25, -0.2) is 0 Å². The minimum Gasteiger partial charge on any atom is -0.302 e. The van der Waals surface area contributed by atoms with Gasteiger partial charge >= 0.3 is 0 Å². The zero-order chi connectivity index (χ0) is 18.1. The van der Waals surface area contributed by atoms with Crippen molar-refractivity contribution in [3.63, 3.8) is 0 Å². The summed E-state index contributed by atoms with van der Waals surface area (Å²) in [5.74, 6) is 0.00160. The Morgan fingerprint density at radius 2 is 1.96 bits per heavy atom. The minimum absolute atomic E-state index is 0.00160. The normalized spacial score (nSPS) is 15.0. The van der Waals surface area contributed by atoms with Crippen LogP contribution in [0.25, 0.3) is 22.6 Å². The number of likely N-dealkylation sites (N-methyl/N-ethyl adjacent to an activating group) is 1. The zero-order valence-corrected chi connectivity index (χ0v) is 15.0. The summed E-state index contributed by atoms with van der Waals surface area (Å²) < 4.78 is 1.78. The van der Waals surface area contributed by atoms with Crippen molar-refractivity contribution >= 4 is 28.5 Å². The highest BCUT2D eigenvalue weighted by molar-refractivity contribution is 6.05. The van der Waals surface area contributed by atoms with Gasteiger partial charge in [-0.3, -0.25) is 9.36 Å². The van der Waals surface area contributed by atoms with E-state index >= 15 is 0 Å². The van der Waals surface area contributed by atoms with Gasteiger partial charge in [0.05, 0.1) is 5.52 Å². The highest BCUT2D eigenvalue weighted by Crippen LogP contribution is 2.32. The summed E-state index contributed by atoms with van der Waals surface area (Å²) >= 11 is 0. The van der Waals surface area contributed by atoms with E-state index < -0.39 is 0 Å². The van der Waals surface area contributed by atoms with Crippen LogP contribution in [-0.4, -0.2) is 35.5 Å². The highest BCUT2D eigenvalue weighted by atomic mass is 16.2. The quantitative estimate of drug-likeness (QED) is 0.690. The van der Waals surface area contributed by atoms with E-state index in [1.807, 2.05) is 54.7 Å². The van der Waals surface area contributed by atoms with E-state index in [4.69, 9.17) is 0 Å². The second-order valence-electron chi connectivity index (χ2n) is 6.81. The number of rotatable bonds is 3. The zero-order valence-electron chi connectivity index (χ0n) is 15.0. The van der Waals surface area contributed by atoms with Crippen LogP contribution in [0.3, 0.4) is 0 Å². The Labute approximate surface area is 153 Å². The summed E-state index contributed by atoms with van der Waals surface area (Å²) in [5.41, 5.74) is 5.17. The van der Waals surface area contributed by atoms with Crippen LogP contribution in [0.15, 0.2) is 67.4 Å². The van der Waals surface area contributed by atoms with Crippen LogP contribution in [0.4, 0.5) is 0 Å². The van der Waals surface area contributed by atoms with E-state index in [0.717, 1.165) is 41.5 Å². The van der Waals surface area contributed by atoms with Gasteiger partial charge in [0.2, 0.25) is 0 Å². The number of benzene rings is 2. The van der Waals surface area contributed by atoms with Gasteiger partial charge in [0.25, 0.3) is 5.91 Å². The summed E-state index contributed by atoms with van der Waals surface area (Å²) in [4.78, 5) is 15.4. The van der Waals surface area contributed by atoms with Gasteiger partial charge in [0, 0.05) is 35.8 Å². The molecule has 130 valence electrons. The molecule has 0 spiro atoms. The second-order valence-corrected chi connectivity index (χ2v) is 6.81. The summed E-state index contributed by atoms with van der Waals surface area (Å²) in [6.45, 7) is 5.86. The van der Waals surface area contributed by atoms with E-state index in [-0.39, 0.29) is 5.91 Å². The molecule has 1 aromatic heterocycles. The molecule has 0 fully saturated rings. The summed E-state index contributed by atoms with van der Waals surface area (Å²) in [7, 11) is 2.13. The van der Waals surface area contributed by atoms with Crippen molar-refractivity contribution in [3.05, 3.63) is 84.1 Å². The molecule has 0 aliphatic carbocycles. The van der Waals surface area contributed by atoms with Crippen molar-refractivity contribution in [2.45, 2.75) is 6.42 Å². The van der Waals surface area contributed by atoms with Gasteiger partial charge < -0.3 is 4.90 Å². The van der Waals surface area contributed by atoms with Crippen molar-refractivity contribution < 1.29 is 4.79 Å². The first-order chi connectivity index (χ1) is 12.7. The van der Waals surface area contributed by atoms with Crippen molar-refractivity contribution in [2.24, 2.45) is 0 Å². The molecule has 0 saturated heterocycles. The smallest absolute Gasteiger partial charge is 0.262 e. The molecule has 0 atom stereocenters. The molecule has 1 aliphatic rings. The number of aromatic nitrogens is 1. The molecule has 3 nitrogen and oxygen atoms in total. The largest absolute Gasteiger partial charge is 0.302 e. The Hall–Kier alpha value is -2.91. The molecule has 0 unspecified atom stereocenters. The van der Waals surface area contributed by atoms with Crippen LogP contribution in [-0.2, 0) is 0 Å². The van der Waals surface area contributed by atoms with Crippen LogP contribution in [0.2, 0.25) is 0 Å². The Morgan fingerprint density at radius 1 is 1.15 bits per heavy atom. The summed E-state index contributed by atoms with van der Waals surface area (Å²) in [5, 5.41) is 1.11. The summed E-state index contributed by atoms with van der Waals surface area (Å²) in [6.07, 6.45) is 7.12. The predicted octanol–water partition coefficient (Wildman–Crippen LogP) is 4.69. The van der Waals surface area contributed by atoms with Crippen LogP contribution >= 0.6 is 0 Å². The molecular weight excluding hydrogens is 320 g/mol. The van der Waals surface area contributed by atoms with E-state index in [0.29, 0.717) is 5.56 Å². The number of carbonyl (C=O) groups is 1. The van der Waals surface area contributed by atoms with Crippen molar-refractivity contribution in [1.29, 1.82) is 0 Å². The average molecular weight is 342 g/mol. The third-order valence-electron chi connectivity index (χ3n) is 5.06. The maximum Gasteiger partial charge on any atom is 0.262 e. The fourth-order valence-corrected chi connectivity index (χ4v) is 3.53. The third kappa shape index (κ3) is 2.91. The Bertz CT molecular complexity index is 1010. The molecule has 0 bridgehead atoms. The molecule has 0 radical (unpaired) electrons. The van der Waals surface area contributed by atoms with Crippen LogP contribution < -0.4 is 0 Å². The molecule has 2 heterocycles. The predicted molar refractivity (Wildman–Crippen MR) is 108 cm³/mol. The first kappa shape index (κ1) is 16.6. The number of hydrogen-bond donors (Lipinski definition) is 0. The van der Waals surface area contributed by atoms with E-state index in [2.05, 4.69) is 30.7 Å². The van der Waals surface area contributed by atoms with Gasteiger partial charge in [-0.05, 0) is 48.9 Å². The SMILES string of the molecule is C=Cc1ccc2c(c1)c(C1=CCN(C)CC1)cn2C(=O)c1ccccc1. The molecule has 3 heteroatoms. The Kier molecular flexibility index (Phi) is 4.31. The lowest BCUT2D eigenvalue weighted by Crippen LogP contribution is -2.23. The van der Waals surface area contributed by atoms with Crippen molar-refractivity contribution in [2.75, 3.05) is 20.1 Å². The first-order valence-corrected chi connectivity index (χ1v) is 8.92. The minimum atomic E-state index is 0.00160. The van der Waals surface area contributed by atoms with Gasteiger partial charge in [-0.1, -0.05) is 43.0 Å². The van der Waals surface area contributed by atoms with E-state index in [1.165, 1.54) is 5.57 Å². The number of hydrogen-bond acceptors (Lipinski definition) is 2. The second kappa shape index (κ2) is 6.77. The lowest BCUT2D eigenvalue weighted by atomic mass is 9.98. The van der Waals surface area contributed by atoms with Gasteiger partial charge in [-0.2, -0.15) is 0 Å². The molecule has 4 rings (SSSR count). The molecule has 0 amide bonds. The number of nitrogens with zero attached hydrogens (tertiary/aromatic N) is 2. The van der Waals surface area contributed by atoms with Gasteiger partial charge in [0.15, 0.2) is 0 Å². The monoisotopic (exact) mass is 342 g/mol.